The van der Waals surface area contributed by atoms with Gasteiger partial charge >= 0.3 is 0 Å². The Labute approximate surface area is 216 Å². The van der Waals surface area contributed by atoms with Gasteiger partial charge in [-0.2, -0.15) is 0 Å². The van der Waals surface area contributed by atoms with Gasteiger partial charge in [-0.3, -0.25) is 4.79 Å². The van der Waals surface area contributed by atoms with Crippen molar-refractivity contribution in [2.24, 2.45) is 0 Å². The zero-order valence-electron chi connectivity index (χ0n) is 22.7. The monoisotopic (exact) mass is 491 g/mol. The highest BCUT2D eigenvalue weighted by Crippen LogP contribution is 2.33. The molecule has 1 aliphatic carbocycles. The maximum atomic E-state index is 14.8. The van der Waals surface area contributed by atoms with Gasteiger partial charge in [-0.1, -0.05) is 69.7 Å². The predicted molar refractivity (Wildman–Crippen MR) is 151 cm³/mol. The first kappa shape index (κ1) is 29.1. The van der Waals surface area contributed by atoms with Crippen LogP contribution in [0.1, 0.15) is 68.6 Å². The third-order valence-electron chi connectivity index (χ3n) is 6.20. The van der Waals surface area contributed by atoms with E-state index in [0.29, 0.717) is 12.0 Å². The van der Waals surface area contributed by atoms with E-state index in [1.807, 2.05) is 44.3 Å². The van der Waals surface area contributed by atoms with Crippen LogP contribution in [0.15, 0.2) is 59.7 Å². The average Bonchev–Trinajstić information content (AvgIpc) is 3.01. The molecule has 36 heavy (non-hydrogen) atoms. The molecule has 0 fully saturated rings. The van der Waals surface area contributed by atoms with Crippen LogP contribution in [0.25, 0.3) is 11.6 Å². The van der Waals surface area contributed by atoms with Gasteiger partial charge in [-0.25, -0.2) is 4.39 Å². The molecule has 5 heteroatoms. The van der Waals surface area contributed by atoms with E-state index >= 15 is 0 Å². The molecule has 3 rings (SSSR count). The van der Waals surface area contributed by atoms with Crippen molar-refractivity contribution < 1.29 is 9.18 Å². The number of allylic oxidation sites excluding steroid dienone is 4. The van der Waals surface area contributed by atoms with E-state index in [2.05, 4.69) is 49.4 Å². The summed E-state index contributed by atoms with van der Waals surface area (Å²) in [4.78, 5) is 15.0. The highest BCUT2D eigenvalue weighted by Gasteiger charge is 2.21. The number of amides is 1. The summed E-state index contributed by atoms with van der Waals surface area (Å²) in [6.07, 6.45) is 14.7. The topological polar surface area (TPSA) is 56.9 Å². The first-order valence-corrected chi connectivity index (χ1v) is 13.0. The Balaban J connectivity index is 0.00000145. The van der Waals surface area contributed by atoms with E-state index in [9.17, 15) is 9.18 Å². The number of nitrogens with one attached hydrogen (secondary N) is 3. The van der Waals surface area contributed by atoms with Gasteiger partial charge in [-0.15, -0.1) is 0 Å². The molecule has 1 atom stereocenters. The lowest BCUT2D eigenvalue weighted by Gasteiger charge is -2.21. The summed E-state index contributed by atoms with van der Waals surface area (Å²) in [5.74, 6) is -0.286. The number of hydrogen-bond donors (Lipinski definition) is 3. The molecular formula is C31H42FN3O. The first-order valence-electron chi connectivity index (χ1n) is 13.0. The van der Waals surface area contributed by atoms with Crippen molar-refractivity contribution in [2.45, 2.75) is 66.3 Å². The van der Waals surface area contributed by atoms with Gasteiger partial charge in [0, 0.05) is 17.0 Å². The number of benzene rings is 1. The largest absolute Gasteiger partial charge is 0.358 e. The molecule has 4 nitrogen and oxygen atoms in total. The van der Waals surface area contributed by atoms with E-state index < -0.39 is 0 Å². The molecule has 1 aromatic heterocycles. The molecule has 0 saturated heterocycles. The van der Waals surface area contributed by atoms with Crippen molar-refractivity contribution in [1.82, 2.24) is 15.6 Å². The Kier molecular flexibility index (Phi) is 12.1. The second-order valence-corrected chi connectivity index (χ2v) is 9.03. The number of rotatable bonds is 10. The Morgan fingerprint density at radius 3 is 2.53 bits per heavy atom. The van der Waals surface area contributed by atoms with E-state index in [4.69, 9.17) is 0 Å². The molecule has 0 radical (unpaired) electrons. The smallest absolute Gasteiger partial charge is 0.207 e. The molecule has 1 aromatic carbocycles. The third kappa shape index (κ3) is 7.41. The number of hydrogen-bond acceptors (Lipinski definition) is 2. The molecule has 3 N–H and O–H groups in total. The molecule has 0 saturated carbocycles. The molecule has 0 bridgehead atoms. The van der Waals surface area contributed by atoms with E-state index in [-0.39, 0.29) is 11.9 Å². The minimum absolute atomic E-state index is 0.286. The van der Waals surface area contributed by atoms with Crippen LogP contribution < -0.4 is 10.6 Å². The number of H-pyrrole nitrogens is 1. The number of aromatic amines is 1. The van der Waals surface area contributed by atoms with Gasteiger partial charge in [0.1, 0.15) is 5.82 Å². The molecule has 1 unspecified atom stereocenters. The van der Waals surface area contributed by atoms with Crippen molar-refractivity contribution >= 4 is 18.1 Å². The summed E-state index contributed by atoms with van der Waals surface area (Å²) in [6.45, 7) is 11.6. The Morgan fingerprint density at radius 2 is 1.89 bits per heavy atom. The lowest BCUT2D eigenvalue weighted by Crippen LogP contribution is -2.28. The summed E-state index contributed by atoms with van der Waals surface area (Å²) >= 11 is 0. The Hall–Kier alpha value is -3.18. The van der Waals surface area contributed by atoms with Gasteiger partial charge in [0.15, 0.2) is 0 Å². The number of halogens is 1. The zero-order valence-corrected chi connectivity index (χ0v) is 22.7. The van der Waals surface area contributed by atoms with Crippen LogP contribution in [0.3, 0.4) is 0 Å². The fraction of sp³-hybridized carbons (Fsp3) is 0.387. The van der Waals surface area contributed by atoms with Crippen molar-refractivity contribution in [2.75, 3.05) is 13.6 Å². The van der Waals surface area contributed by atoms with Crippen molar-refractivity contribution in [3.8, 4) is 0 Å². The molecule has 194 valence electrons. The summed E-state index contributed by atoms with van der Waals surface area (Å²) in [6, 6.07) is 6.40. The molecule has 1 amide bonds. The Bertz CT molecular complexity index is 1120. The van der Waals surface area contributed by atoms with Gasteiger partial charge < -0.3 is 15.6 Å². The summed E-state index contributed by atoms with van der Waals surface area (Å²) < 4.78 is 14.8. The number of aryl methyl sites for hydroxylation is 1. The number of carbonyl (C=O) groups is 1. The van der Waals surface area contributed by atoms with Crippen molar-refractivity contribution in [3.63, 3.8) is 0 Å². The van der Waals surface area contributed by atoms with Crippen molar-refractivity contribution in [1.29, 1.82) is 0 Å². The van der Waals surface area contributed by atoms with Crippen LogP contribution >= 0.6 is 0 Å². The van der Waals surface area contributed by atoms with Crippen LogP contribution in [-0.4, -0.2) is 31.0 Å². The fourth-order valence-electron chi connectivity index (χ4n) is 4.52. The number of carbonyl (C=O) groups excluding carboxylic acids is 1. The van der Waals surface area contributed by atoms with Gasteiger partial charge in [0.25, 0.3) is 0 Å². The molecule has 0 aliphatic heterocycles. The van der Waals surface area contributed by atoms with Crippen LogP contribution in [0.2, 0.25) is 0 Å². The number of aromatic nitrogens is 1. The van der Waals surface area contributed by atoms with E-state index in [0.717, 1.165) is 48.2 Å². The van der Waals surface area contributed by atoms with Crippen LogP contribution in [-0.2, 0) is 17.6 Å². The average molecular weight is 492 g/mol. The maximum Gasteiger partial charge on any atom is 0.207 e. The standard InChI is InChI=1S/C28H34FN3O.C3H8/c1-5-25-20(3)21(13-10-16-30-4)27(32-25)17-19(2)28-23(22-11-6-8-14-24(22)29)12-7-9-15-26(28)31-18-33;1-3-2/h6-9,11-12,14-15,17-18,26,30,32H,5,10,13,16H2,1-4H3,(H,31,33);3H2,1-2H3/b19-17+;. The predicted octanol–water partition coefficient (Wildman–Crippen LogP) is 6.69. The van der Waals surface area contributed by atoms with Gasteiger partial charge in [0.05, 0.1) is 6.04 Å². The lowest BCUT2D eigenvalue weighted by molar-refractivity contribution is -0.109. The highest BCUT2D eigenvalue weighted by atomic mass is 19.1. The van der Waals surface area contributed by atoms with Crippen LogP contribution in [0.5, 0.6) is 0 Å². The zero-order chi connectivity index (χ0) is 26.5. The highest BCUT2D eigenvalue weighted by molar-refractivity contribution is 5.84. The first-order chi connectivity index (χ1) is 17.4. The normalized spacial score (nSPS) is 15.4. The van der Waals surface area contributed by atoms with Gasteiger partial charge in [-0.05, 0) is 86.7 Å². The lowest BCUT2D eigenvalue weighted by atomic mass is 9.89. The second kappa shape index (κ2) is 15.0. The Morgan fingerprint density at radius 1 is 1.17 bits per heavy atom. The molecule has 1 heterocycles. The molecular weight excluding hydrogens is 449 g/mol. The summed E-state index contributed by atoms with van der Waals surface area (Å²) in [5, 5.41) is 6.12. The maximum absolute atomic E-state index is 14.8. The van der Waals surface area contributed by atoms with Crippen LogP contribution in [0, 0.1) is 12.7 Å². The van der Waals surface area contributed by atoms with E-state index in [1.54, 1.807) is 12.1 Å². The molecule has 0 spiro atoms. The summed E-state index contributed by atoms with van der Waals surface area (Å²) in [5.41, 5.74) is 8.07. The fourth-order valence-corrected chi connectivity index (χ4v) is 4.52. The minimum Gasteiger partial charge on any atom is -0.358 e. The minimum atomic E-state index is -0.363. The SMILES string of the molecule is CCC.CCc1[nH]c(/C=C(\C)C2=C(c3ccccc3F)C=CC=CC2NC=O)c(CCCNC)c1C. The summed E-state index contributed by atoms with van der Waals surface area (Å²) in [7, 11) is 1.97. The van der Waals surface area contributed by atoms with Crippen LogP contribution in [0.4, 0.5) is 4.39 Å². The van der Waals surface area contributed by atoms with E-state index in [1.165, 1.54) is 29.3 Å². The van der Waals surface area contributed by atoms with Gasteiger partial charge in [0.2, 0.25) is 6.41 Å². The third-order valence-corrected chi connectivity index (χ3v) is 6.20. The molecule has 1 aliphatic rings. The quantitative estimate of drug-likeness (QED) is 0.256. The van der Waals surface area contributed by atoms with Crippen molar-refractivity contribution in [3.05, 3.63) is 93.6 Å². The molecule has 2 aromatic rings. The second-order valence-electron chi connectivity index (χ2n) is 9.03.